The average molecular weight is 2050 g/mol. The summed E-state index contributed by atoms with van der Waals surface area (Å²) in [6.07, 6.45) is 22.2. The highest BCUT2D eigenvalue weighted by Gasteiger charge is 2.20. The van der Waals surface area contributed by atoms with Crippen LogP contribution in [0.2, 0.25) is 0 Å². The van der Waals surface area contributed by atoms with E-state index in [1.165, 1.54) is 6.07 Å². The van der Waals surface area contributed by atoms with Crippen LogP contribution in [0.25, 0.3) is 0 Å². The van der Waals surface area contributed by atoms with E-state index >= 15 is 0 Å². The van der Waals surface area contributed by atoms with E-state index in [0.29, 0.717) is 198 Å². The quantitative estimate of drug-likeness (QED) is 0.0112. The van der Waals surface area contributed by atoms with Gasteiger partial charge < -0.3 is 90.0 Å². The Hall–Kier alpha value is -17.6. The van der Waals surface area contributed by atoms with Crippen molar-refractivity contribution in [1.29, 1.82) is 5.26 Å². The Kier molecular flexibility index (Phi) is 55.8. The van der Waals surface area contributed by atoms with Gasteiger partial charge in [0, 0.05) is 49.3 Å². The fraction of sp³-hybridized carbons (Fsp3) is 0.280. The molecule has 0 atom stereocenters. The van der Waals surface area contributed by atoms with Crippen molar-refractivity contribution in [2.24, 2.45) is 0 Å². The number of nitrogens with zero attached hydrogens (tertiary/aromatic N) is 1. The second-order valence-corrected chi connectivity index (χ2v) is 32.3. The molecule has 0 unspecified atom stereocenters. The Morgan fingerprint density at radius 3 is 0.613 bits per heavy atom. The van der Waals surface area contributed by atoms with Crippen LogP contribution in [0, 0.1) is 25.2 Å². The molecule has 0 heterocycles. The number of hydrogen-bond donors (Lipinski definition) is 0. The zero-order valence-electron chi connectivity index (χ0n) is 84.5. The van der Waals surface area contributed by atoms with E-state index in [9.17, 15) is 57.5 Å². The molecule has 10 aromatic rings. The normalized spacial score (nSPS) is 10.2. The number of aryl methyl sites for hydroxylation is 2. The highest BCUT2D eigenvalue weighted by Crippen LogP contribution is 2.30. The van der Waals surface area contributed by atoms with E-state index < -0.39 is 65.7 Å². The van der Waals surface area contributed by atoms with Crippen LogP contribution in [0.15, 0.2) is 306 Å². The van der Waals surface area contributed by atoms with Crippen molar-refractivity contribution < 1.29 is 148 Å². The highest BCUT2D eigenvalue weighted by atomic mass is 16.6. The molecule has 32 heteroatoms. The first-order valence-electron chi connectivity index (χ1n) is 48.6. The standard InChI is InChI=1S/C39H44O10.C33H32O10.C23H23NO5.C23H26O6/c1-4-36(40)46-26-12-8-6-10-24-44-32-18-14-30(15-19-32)38(42)48-34-22-23-35(29(3)28-34)49-39(43)31-16-20-33(21-17-31)45-25-11-7-9-13-27-47-37(41)5-2;1-4-30(34)40-20-6-18-38-26-12-8-24(9-13-26)32(36)42-28-16-17-29(23(3)22-28)43-33(37)25-10-14-27(15-11-25)39-19-7-21-41-31(35)5-2;1-2-22(25)28-16-6-4-3-5-15-27-20-13-9-19(10-14-20)23(26)29-21-11-7-18(17-24)8-12-21;1-3-22(24)28-17-7-5-4-6-16-27-20-10-8-18(9-11-20)23(25)29-21-14-12-19(26-2)13-15-21/h4-5,14-23,28H,1-2,6-13,24-27H2,3H3;4-5,8-17,22H,1-2,6-7,18-21H2,3H3;2,7-14H,1,3-6,15-16H2;3,8-15H,1,4-7,16-17H2,2H3. The number of carbonyl (C=O) groups is 12. The van der Waals surface area contributed by atoms with E-state index in [1.807, 2.05) is 6.07 Å². The number of rotatable bonds is 61. The molecule has 0 saturated heterocycles. The zero-order valence-corrected chi connectivity index (χ0v) is 84.5. The molecule has 0 spiro atoms. The minimum absolute atomic E-state index is 0.218. The van der Waals surface area contributed by atoms with Crippen molar-refractivity contribution in [3.63, 3.8) is 0 Å². The van der Waals surface area contributed by atoms with E-state index in [1.54, 1.807) is 245 Å². The van der Waals surface area contributed by atoms with Gasteiger partial charge in [-0.1, -0.05) is 39.5 Å². The summed E-state index contributed by atoms with van der Waals surface area (Å²) in [6, 6.07) is 64.6. The summed E-state index contributed by atoms with van der Waals surface area (Å²) in [4.78, 5) is 141. The van der Waals surface area contributed by atoms with Gasteiger partial charge in [-0.25, -0.2) is 57.5 Å². The van der Waals surface area contributed by atoms with Gasteiger partial charge in [-0.15, -0.1) is 0 Å². The molecule has 0 aliphatic carbocycles. The molecule has 0 amide bonds. The first kappa shape index (κ1) is 119. The van der Waals surface area contributed by atoms with Crippen LogP contribution < -0.4 is 61.6 Å². The number of benzene rings is 10. The molecule has 10 aromatic carbocycles. The third kappa shape index (κ3) is 48.4. The van der Waals surface area contributed by atoms with Crippen LogP contribution in [0.5, 0.6) is 74.7 Å². The first-order valence-corrected chi connectivity index (χ1v) is 48.6. The van der Waals surface area contributed by atoms with Gasteiger partial charge >= 0.3 is 71.6 Å². The molecule has 0 N–H and O–H groups in total. The Balaban J connectivity index is 0.000000277. The second kappa shape index (κ2) is 70.2. The lowest BCUT2D eigenvalue weighted by Gasteiger charge is -2.11. The van der Waals surface area contributed by atoms with E-state index in [-0.39, 0.29) is 24.9 Å². The molecular weight excluding hydrogens is 1930 g/mol. The summed E-state index contributed by atoms with van der Waals surface area (Å²) in [7, 11) is 1.58. The maximum Gasteiger partial charge on any atom is 0.343 e. The van der Waals surface area contributed by atoms with Crippen molar-refractivity contribution in [1.82, 2.24) is 0 Å². The van der Waals surface area contributed by atoms with Crippen molar-refractivity contribution in [2.45, 2.75) is 129 Å². The van der Waals surface area contributed by atoms with Crippen LogP contribution in [0.3, 0.4) is 0 Å². The van der Waals surface area contributed by atoms with Gasteiger partial charge in [0.1, 0.15) is 74.7 Å². The number of ether oxygens (including phenoxy) is 19. The first-order chi connectivity index (χ1) is 72.8. The fourth-order valence-electron chi connectivity index (χ4n) is 12.8. The monoisotopic (exact) mass is 2050 g/mol. The fourth-order valence-corrected chi connectivity index (χ4v) is 12.8. The third-order valence-electron chi connectivity index (χ3n) is 20.9. The lowest BCUT2D eigenvalue weighted by molar-refractivity contribution is -0.138. The lowest BCUT2D eigenvalue weighted by Crippen LogP contribution is -2.11. The topological polar surface area (TPSA) is 404 Å². The van der Waals surface area contributed by atoms with Crippen molar-refractivity contribution >= 4 is 71.6 Å². The molecule has 788 valence electrons. The predicted molar refractivity (Wildman–Crippen MR) is 558 cm³/mol. The van der Waals surface area contributed by atoms with Gasteiger partial charge in [-0.05, 0) is 358 Å². The van der Waals surface area contributed by atoms with Crippen LogP contribution in [-0.4, -0.2) is 158 Å². The summed E-state index contributed by atoms with van der Waals surface area (Å²) < 4.78 is 101. The molecule has 0 aromatic heterocycles. The minimum Gasteiger partial charge on any atom is -0.497 e. The molecule has 0 aliphatic rings. The van der Waals surface area contributed by atoms with Gasteiger partial charge in [0.2, 0.25) is 0 Å². The van der Waals surface area contributed by atoms with Crippen LogP contribution in [0.1, 0.15) is 194 Å². The summed E-state index contributed by atoms with van der Waals surface area (Å²) >= 11 is 0. The van der Waals surface area contributed by atoms with E-state index in [0.717, 1.165) is 139 Å². The van der Waals surface area contributed by atoms with Crippen LogP contribution >= 0.6 is 0 Å². The predicted octanol–water partition coefficient (Wildman–Crippen LogP) is 22.2. The second-order valence-electron chi connectivity index (χ2n) is 32.3. The van der Waals surface area contributed by atoms with Gasteiger partial charge in [-0.2, -0.15) is 5.26 Å². The van der Waals surface area contributed by atoms with Crippen LogP contribution in [0.4, 0.5) is 0 Å². The van der Waals surface area contributed by atoms with Crippen molar-refractivity contribution in [3.05, 3.63) is 357 Å². The molecule has 0 saturated carbocycles. The number of esters is 12. The Labute approximate surface area is 872 Å². The van der Waals surface area contributed by atoms with E-state index in [4.69, 9.17) is 95.3 Å². The SMILES string of the molecule is C=CC(=O)OCCCCCCOc1ccc(C(=O)Oc2ccc(C#N)cc2)cc1.C=CC(=O)OCCCCCCOc1ccc(C(=O)Oc2ccc(OC(=O)c3ccc(OCCCCCCOC(=O)C=C)cc3)c(C)c2)cc1.C=CC(=O)OCCCCCCOc1ccc(C(=O)Oc2ccc(OC)cc2)cc1.C=CC(=O)OCCCOc1ccc(C(=O)Oc2ccc(OC(=O)c3ccc(OCCCOC(=O)C=C)cc3)c(C)c2)cc1. The molecule has 150 heavy (non-hydrogen) atoms. The third-order valence-corrected chi connectivity index (χ3v) is 20.9. The molecule has 10 rings (SSSR count). The molecule has 0 aliphatic heterocycles. The Bertz CT molecular complexity index is 6030. The zero-order chi connectivity index (χ0) is 108. The smallest absolute Gasteiger partial charge is 0.343 e. The molecule has 0 radical (unpaired) electrons. The largest absolute Gasteiger partial charge is 0.497 e. The summed E-state index contributed by atoms with van der Waals surface area (Å²) in [6.45, 7) is 28.5. The number of unbranched alkanes of at least 4 members (excludes halogenated alkanes) is 12. The van der Waals surface area contributed by atoms with Gasteiger partial charge in [-0.3, -0.25) is 0 Å². The Morgan fingerprint density at radius 2 is 0.400 bits per heavy atom. The Morgan fingerprint density at radius 1 is 0.220 bits per heavy atom. The van der Waals surface area contributed by atoms with Gasteiger partial charge in [0.05, 0.1) is 131 Å². The number of hydrogen-bond acceptors (Lipinski definition) is 32. The number of nitriles is 1. The molecule has 32 nitrogen and oxygen atoms in total. The number of methoxy groups -OCH3 is 1. The van der Waals surface area contributed by atoms with Gasteiger partial charge in [0.15, 0.2) is 0 Å². The summed E-state index contributed by atoms with van der Waals surface area (Å²) in [5.41, 5.74) is 3.96. The summed E-state index contributed by atoms with van der Waals surface area (Å²) in [5, 5.41) is 8.78. The van der Waals surface area contributed by atoms with Crippen LogP contribution in [-0.2, 0) is 57.2 Å². The maximum atomic E-state index is 12.8. The number of carbonyl (C=O) groups excluding carboxylic acids is 12. The van der Waals surface area contributed by atoms with E-state index in [2.05, 4.69) is 39.5 Å². The minimum atomic E-state index is -0.563. The molecule has 0 fully saturated rings. The van der Waals surface area contributed by atoms with Gasteiger partial charge in [0.25, 0.3) is 0 Å². The summed E-state index contributed by atoms with van der Waals surface area (Å²) in [5.74, 6) is 0.965. The average Bonchev–Trinajstić information content (AvgIpc) is 0.840. The molecule has 0 bridgehead atoms. The lowest BCUT2D eigenvalue weighted by atomic mass is 10.2. The van der Waals surface area contributed by atoms with Crippen molar-refractivity contribution in [2.75, 3.05) is 86.4 Å². The molecular formula is C118H125NO31. The maximum absolute atomic E-state index is 12.8. The highest BCUT2D eigenvalue weighted by molar-refractivity contribution is 5.95. The van der Waals surface area contributed by atoms with Crippen molar-refractivity contribution in [3.8, 4) is 80.8 Å².